The number of halogens is 3. The lowest BCUT2D eigenvalue weighted by atomic mass is 10.0. The van der Waals surface area contributed by atoms with Crippen molar-refractivity contribution in [2.24, 2.45) is 0 Å². The van der Waals surface area contributed by atoms with Gasteiger partial charge >= 0.3 is 6.18 Å². The summed E-state index contributed by atoms with van der Waals surface area (Å²) >= 11 is 0. The maximum atomic E-state index is 13.5. The maximum Gasteiger partial charge on any atom is 0.406 e. The zero-order valence-corrected chi connectivity index (χ0v) is 22.4. The zero-order valence-electron chi connectivity index (χ0n) is 22.4. The molecule has 1 aromatic heterocycles. The second-order valence-corrected chi connectivity index (χ2v) is 10.4. The molecule has 2 N–H and O–H groups in total. The molecule has 0 spiro atoms. The molecule has 5 rings (SSSR count). The van der Waals surface area contributed by atoms with Crippen LogP contribution in [0.4, 0.5) is 24.5 Å². The maximum absolute atomic E-state index is 13.5. The molecule has 0 unspecified atom stereocenters. The molecule has 2 aliphatic rings. The monoisotopic (exact) mass is 539 g/mol. The van der Waals surface area contributed by atoms with Crippen LogP contribution in [0.3, 0.4) is 0 Å². The second kappa shape index (κ2) is 12.3. The van der Waals surface area contributed by atoms with Crippen LogP contribution < -0.4 is 10.6 Å². The number of fused-ring (bicyclic) bond motifs is 1. The van der Waals surface area contributed by atoms with Gasteiger partial charge in [0.05, 0.1) is 31.0 Å². The standard InChI is InChI=1S/C30H36F3N5O/c1-36-14-11-25(12-15-36)35-28-5-2-6-29-27(28)20-26(38(29)22-30(31,32)33)4-3-13-34-24-9-7-23(8-10-24)21-37-16-18-39-19-17-37/h2,5-10,20,25,34-35H,11-19,21-22H2,1H3. The molecule has 0 saturated carbocycles. The third-order valence-corrected chi connectivity index (χ3v) is 7.42. The lowest BCUT2D eigenvalue weighted by Crippen LogP contribution is -2.36. The number of nitrogens with one attached hydrogen (secondary N) is 2. The molecule has 3 heterocycles. The number of nitrogens with zero attached hydrogens (tertiary/aromatic N) is 3. The fourth-order valence-corrected chi connectivity index (χ4v) is 5.26. The Morgan fingerprint density at radius 1 is 1.00 bits per heavy atom. The van der Waals surface area contributed by atoms with Crippen molar-refractivity contribution in [3.05, 3.63) is 59.8 Å². The minimum absolute atomic E-state index is 0.303. The zero-order chi connectivity index (χ0) is 27.2. The number of aromatic nitrogens is 1. The van der Waals surface area contributed by atoms with E-state index in [0.717, 1.165) is 75.5 Å². The van der Waals surface area contributed by atoms with Crippen LogP contribution in [-0.4, -0.2) is 79.6 Å². The van der Waals surface area contributed by atoms with Gasteiger partial charge in [0.25, 0.3) is 0 Å². The first-order valence-corrected chi connectivity index (χ1v) is 13.6. The lowest BCUT2D eigenvalue weighted by molar-refractivity contribution is -0.140. The average molecular weight is 540 g/mol. The van der Waals surface area contributed by atoms with Gasteiger partial charge in [-0.2, -0.15) is 13.2 Å². The minimum atomic E-state index is -4.35. The molecular formula is C30H36F3N5O. The van der Waals surface area contributed by atoms with E-state index in [0.29, 0.717) is 23.8 Å². The molecule has 0 bridgehead atoms. The van der Waals surface area contributed by atoms with Gasteiger partial charge in [-0.1, -0.05) is 24.1 Å². The molecule has 39 heavy (non-hydrogen) atoms. The highest BCUT2D eigenvalue weighted by atomic mass is 19.4. The summed E-state index contributed by atoms with van der Waals surface area (Å²) in [6, 6.07) is 15.8. The van der Waals surface area contributed by atoms with E-state index in [-0.39, 0.29) is 0 Å². The normalized spacial score (nSPS) is 17.6. The smallest absolute Gasteiger partial charge is 0.382 e. The van der Waals surface area contributed by atoms with Crippen molar-refractivity contribution >= 4 is 22.3 Å². The van der Waals surface area contributed by atoms with E-state index in [2.05, 4.69) is 51.5 Å². The van der Waals surface area contributed by atoms with E-state index in [9.17, 15) is 13.2 Å². The number of likely N-dealkylation sites (tertiary alicyclic amines) is 1. The first-order chi connectivity index (χ1) is 18.8. The van der Waals surface area contributed by atoms with Crippen molar-refractivity contribution in [3.8, 4) is 11.8 Å². The number of alkyl halides is 3. The SMILES string of the molecule is CN1CCC(Nc2cccc3c2cc(C#CCNc2ccc(CN4CCOCC4)cc2)n3CC(F)(F)F)CC1. The fraction of sp³-hybridized carbons (Fsp3) is 0.467. The number of hydrogen-bond donors (Lipinski definition) is 2. The highest BCUT2D eigenvalue weighted by Crippen LogP contribution is 2.31. The summed E-state index contributed by atoms with van der Waals surface area (Å²) in [4.78, 5) is 4.66. The quantitative estimate of drug-likeness (QED) is 0.414. The van der Waals surface area contributed by atoms with Crippen molar-refractivity contribution in [1.82, 2.24) is 14.4 Å². The van der Waals surface area contributed by atoms with Crippen LogP contribution >= 0.6 is 0 Å². The molecule has 2 saturated heterocycles. The third kappa shape index (κ3) is 7.47. The Balaban J connectivity index is 1.28. The van der Waals surface area contributed by atoms with E-state index in [4.69, 9.17) is 4.74 Å². The molecule has 0 atom stereocenters. The first-order valence-electron chi connectivity index (χ1n) is 13.6. The van der Waals surface area contributed by atoms with E-state index < -0.39 is 12.7 Å². The Labute approximate surface area is 228 Å². The van der Waals surface area contributed by atoms with Gasteiger partial charge in [-0.05, 0) is 74.8 Å². The Bertz CT molecular complexity index is 1290. The number of rotatable bonds is 7. The van der Waals surface area contributed by atoms with Gasteiger partial charge in [-0.25, -0.2) is 0 Å². The topological polar surface area (TPSA) is 44.7 Å². The van der Waals surface area contributed by atoms with Gasteiger partial charge in [-0.3, -0.25) is 4.90 Å². The Kier molecular flexibility index (Phi) is 8.66. The van der Waals surface area contributed by atoms with Gasteiger partial charge in [0.1, 0.15) is 6.54 Å². The predicted molar refractivity (Wildman–Crippen MR) is 150 cm³/mol. The molecule has 0 radical (unpaired) electrons. The summed E-state index contributed by atoms with van der Waals surface area (Å²) in [5, 5.41) is 7.61. The molecule has 2 aliphatic heterocycles. The Hall–Kier alpha value is -3.19. The van der Waals surface area contributed by atoms with Crippen LogP contribution in [0.5, 0.6) is 0 Å². The van der Waals surface area contributed by atoms with E-state index >= 15 is 0 Å². The second-order valence-electron chi connectivity index (χ2n) is 10.4. The predicted octanol–water partition coefficient (Wildman–Crippen LogP) is 5.01. The molecule has 3 aromatic rings. The number of hydrogen-bond acceptors (Lipinski definition) is 5. The first kappa shape index (κ1) is 27.4. The van der Waals surface area contributed by atoms with Gasteiger partial charge < -0.3 is 24.8 Å². The molecule has 9 heteroatoms. The van der Waals surface area contributed by atoms with Crippen molar-refractivity contribution in [3.63, 3.8) is 0 Å². The minimum Gasteiger partial charge on any atom is -0.382 e. The number of benzene rings is 2. The molecule has 0 aliphatic carbocycles. The largest absolute Gasteiger partial charge is 0.406 e. The van der Waals surface area contributed by atoms with Crippen LogP contribution in [0.15, 0.2) is 48.5 Å². The van der Waals surface area contributed by atoms with Crippen molar-refractivity contribution in [2.45, 2.75) is 38.1 Å². The average Bonchev–Trinajstić information content (AvgIpc) is 3.26. The van der Waals surface area contributed by atoms with Crippen molar-refractivity contribution < 1.29 is 17.9 Å². The number of morpholine rings is 1. The van der Waals surface area contributed by atoms with Gasteiger partial charge in [0.2, 0.25) is 0 Å². The molecule has 208 valence electrons. The Morgan fingerprint density at radius 2 is 1.74 bits per heavy atom. The summed E-state index contributed by atoms with van der Waals surface area (Å²) in [5.41, 5.74) is 3.92. The fourth-order valence-electron chi connectivity index (χ4n) is 5.26. The van der Waals surface area contributed by atoms with E-state index in [1.807, 2.05) is 24.3 Å². The van der Waals surface area contributed by atoms with Crippen LogP contribution in [0.25, 0.3) is 10.9 Å². The van der Waals surface area contributed by atoms with Gasteiger partial charge in [0, 0.05) is 42.4 Å². The van der Waals surface area contributed by atoms with Gasteiger partial charge in [0.15, 0.2) is 0 Å². The molecular weight excluding hydrogens is 503 g/mol. The summed E-state index contributed by atoms with van der Waals surface area (Å²) in [5.74, 6) is 6.02. The summed E-state index contributed by atoms with van der Waals surface area (Å²) in [6.07, 6.45) is -2.34. The third-order valence-electron chi connectivity index (χ3n) is 7.42. The van der Waals surface area contributed by atoms with E-state index in [1.165, 1.54) is 10.1 Å². The summed E-state index contributed by atoms with van der Waals surface area (Å²) in [7, 11) is 2.11. The summed E-state index contributed by atoms with van der Waals surface area (Å²) in [6.45, 7) is 5.58. The van der Waals surface area contributed by atoms with Gasteiger partial charge in [-0.15, -0.1) is 0 Å². The Morgan fingerprint density at radius 3 is 2.46 bits per heavy atom. The molecule has 0 amide bonds. The summed E-state index contributed by atoms with van der Waals surface area (Å²) < 4.78 is 47.2. The van der Waals surface area contributed by atoms with Crippen LogP contribution in [0.2, 0.25) is 0 Å². The van der Waals surface area contributed by atoms with Crippen LogP contribution in [0, 0.1) is 11.8 Å². The number of piperidine rings is 1. The molecule has 6 nitrogen and oxygen atoms in total. The molecule has 2 aromatic carbocycles. The number of ether oxygens (including phenoxy) is 1. The van der Waals surface area contributed by atoms with E-state index in [1.54, 1.807) is 12.1 Å². The number of anilines is 2. The van der Waals surface area contributed by atoms with Crippen LogP contribution in [0.1, 0.15) is 24.1 Å². The lowest BCUT2D eigenvalue weighted by Gasteiger charge is -2.30. The van der Waals surface area contributed by atoms with Crippen molar-refractivity contribution in [1.29, 1.82) is 0 Å². The van der Waals surface area contributed by atoms with Crippen LogP contribution in [-0.2, 0) is 17.8 Å². The highest BCUT2D eigenvalue weighted by Gasteiger charge is 2.30. The highest BCUT2D eigenvalue weighted by molar-refractivity contribution is 5.94. The van der Waals surface area contributed by atoms with Crippen molar-refractivity contribution in [2.75, 3.05) is 63.6 Å². The molecule has 2 fully saturated rings.